The lowest BCUT2D eigenvalue weighted by molar-refractivity contribution is -0.149. The van der Waals surface area contributed by atoms with E-state index in [4.69, 9.17) is 25.3 Å². The Bertz CT molecular complexity index is 1440. The molecule has 7 N–H and O–H groups in total. The van der Waals surface area contributed by atoms with E-state index in [0.29, 0.717) is 11.2 Å². The lowest BCUT2D eigenvalue weighted by Crippen LogP contribution is -2.40. The van der Waals surface area contributed by atoms with Crippen molar-refractivity contribution >= 4 is 36.6 Å². The number of carbonyl (C=O) groups is 1. The van der Waals surface area contributed by atoms with Crippen molar-refractivity contribution in [2.45, 2.75) is 63.7 Å². The number of esters is 1. The molecule has 2 heterocycles. The summed E-state index contributed by atoms with van der Waals surface area (Å²) in [4.78, 5) is 24.8. The summed E-state index contributed by atoms with van der Waals surface area (Å²) < 4.78 is 32.4. The molecule has 0 radical (unpaired) electrons. The van der Waals surface area contributed by atoms with Crippen LogP contribution in [0.5, 0.6) is 5.75 Å². The molecule has 5 rings (SSSR count). The maximum Gasteiger partial charge on any atom is 0.459 e. The van der Waals surface area contributed by atoms with Crippen LogP contribution in [0.2, 0.25) is 0 Å². The Morgan fingerprint density at radius 1 is 1.21 bits per heavy atom. The van der Waals surface area contributed by atoms with Crippen molar-refractivity contribution in [3.05, 3.63) is 36.7 Å². The number of nitrogens with zero attached hydrogens (tertiary/aromatic N) is 4. The number of aromatic nitrogens is 4. The largest absolute Gasteiger partial charge is 0.462 e. The first-order valence-electron chi connectivity index (χ1n) is 12.5. The average Bonchev–Trinajstić information content (AvgIpc) is 3.11. The molecule has 1 aromatic carbocycles. The van der Waals surface area contributed by atoms with E-state index in [-0.39, 0.29) is 23.6 Å². The maximum atomic E-state index is 14.0. The second-order valence-corrected chi connectivity index (χ2v) is 11.9. The fourth-order valence-corrected chi connectivity index (χ4v) is 7.16. The van der Waals surface area contributed by atoms with Gasteiger partial charge in [-0.3, -0.25) is 9.32 Å². The summed E-state index contributed by atoms with van der Waals surface area (Å²) in [6, 6.07) is 6.56. The van der Waals surface area contributed by atoms with Crippen molar-refractivity contribution in [2.24, 2.45) is 11.8 Å². The molecule has 0 amide bonds. The summed E-state index contributed by atoms with van der Waals surface area (Å²) in [5.41, 5.74) is 10.6. The number of fused-ring (bicyclic) bond motifs is 2. The zero-order valence-electron chi connectivity index (χ0n) is 21.8. The number of aliphatic hydroxyl groups excluding tert-OH is 1. The smallest absolute Gasteiger partial charge is 0.459 e. The molecule has 2 aliphatic rings. The van der Waals surface area contributed by atoms with E-state index < -0.39 is 55.4 Å². The van der Waals surface area contributed by atoms with Crippen LogP contribution in [0.1, 0.15) is 33.7 Å². The van der Waals surface area contributed by atoms with Gasteiger partial charge < -0.3 is 35.5 Å². The van der Waals surface area contributed by atoms with Crippen molar-refractivity contribution in [3.63, 3.8) is 0 Å². The van der Waals surface area contributed by atoms with Crippen LogP contribution in [0.4, 0.5) is 11.8 Å². The van der Waals surface area contributed by atoms with E-state index >= 15 is 0 Å². The minimum absolute atomic E-state index is 0.0536. The summed E-state index contributed by atoms with van der Waals surface area (Å²) in [5.74, 6) is -1.40. The molecule has 0 aliphatic heterocycles. The predicted molar refractivity (Wildman–Crippen MR) is 140 cm³/mol. The zero-order valence-corrected chi connectivity index (χ0v) is 22.7. The van der Waals surface area contributed by atoms with Gasteiger partial charge in [-0.15, -0.1) is 0 Å². The van der Waals surface area contributed by atoms with Crippen LogP contribution < -0.4 is 21.1 Å². The second kappa shape index (κ2) is 9.72. The molecule has 15 heteroatoms. The number of benzene rings is 1. The SMILES string of the molecule is CC(C)OC(=O)[C@H](C)N[P@@](=O)(Oc1ccccc1)OC1[C@H]2[C@@H](C)[C@@H](n3cnc4c(N)nc(N)nc43)[C@H](O)[C@@]12O. The number of ether oxygens (including phenoxy) is 1. The Morgan fingerprint density at radius 3 is 2.51 bits per heavy atom. The number of carbonyl (C=O) groups excluding carboxylic acids is 1. The van der Waals surface area contributed by atoms with Gasteiger partial charge in [0.25, 0.3) is 0 Å². The number of para-hydroxylation sites is 1. The highest BCUT2D eigenvalue weighted by Crippen LogP contribution is 2.67. The average molecular weight is 562 g/mol. The number of nitrogens with one attached hydrogen (secondary N) is 1. The number of hydrogen-bond acceptors (Lipinski definition) is 12. The Hall–Kier alpha value is -3.29. The number of imidazole rings is 1. The Kier molecular flexibility index (Phi) is 6.80. The van der Waals surface area contributed by atoms with Crippen LogP contribution in [-0.4, -0.2) is 65.7 Å². The minimum atomic E-state index is -4.26. The summed E-state index contributed by atoms with van der Waals surface area (Å²) in [6.07, 6.45) is -1.35. The predicted octanol–water partition coefficient (Wildman–Crippen LogP) is 1.41. The normalized spacial score (nSPS) is 30.1. The molecule has 2 fully saturated rings. The molecular formula is C24H32N7O7P. The molecule has 0 bridgehead atoms. The van der Waals surface area contributed by atoms with Gasteiger partial charge in [-0.1, -0.05) is 25.1 Å². The highest BCUT2D eigenvalue weighted by atomic mass is 31.2. The van der Waals surface area contributed by atoms with E-state index in [1.165, 1.54) is 13.3 Å². The van der Waals surface area contributed by atoms with E-state index in [1.807, 2.05) is 6.92 Å². The molecule has 210 valence electrons. The van der Waals surface area contributed by atoms with Crippen molar-refractivity contribution < 1.29 is 33.4 Å². The van der Waals surface area contributed by atoms with Crippen molar-refractivity contribution in [2.75, 3.05) is 11.5 Å². The lowest BCUT2D eigenvalue weighted by atomic mass is 9.97. The quantitative estimate of drug-likeness (QED) is 0.185. The summed E-state index contributed by atoms with van der Waals surface area (Å²) >= 11 is 0. The first kappa shape index (κ1) is 27.3. The molecule has 0 saturated heterocycles. The van der Waals surface area contributed by atoms with Crippen molar-refractivity contribution in [1.29, 1.82) is 0 Å². The molecule has 0 spiro atoms. The van der Waals surface area contributed by atoms with Crippen LogP contribution in [0.25, 0.3) is 11.2 Å². The molecule has 1 unspecified atom stereocenters. The third-order valence-corrected chi connectivity index (χ3v) is 8.83. The van der Waals surface area contributed by atoms with Gasteiger partial charge in [0.2, 0.25) is 5.95 Å². The lowest BCUT2D eigenvalue weighted by Gasteiger charge is -2.30. The maximum absolute atomic E-state index is 14.0. The summed E-state index contributed by atoms with van der Waals surface area (Å²) in [6.45, 7) is 6.67. The number of hydrogen-bond donors (Lipinski definition) is 5. The molecule has 39 heavy (non-hydrogen) atoms. The zero-order chi connectivity index (χ0) is 28.3. The van der Waals surface area contributed by atoms with E-state index in [2.05, 4.69) is 20.0 Å². The van der Waals surface area contributed by atoms with Gasteiger partial charge >= 0.3 is 13.7 Å². The number of rotatable bonds is 9. The fourth-order valence-electron chi connectivity index (χ4n) is 5.43. The Labute approximate surface area is 224 Å². The van der Waals surface area contributed by atoms with Gasteiger partial charge in [-0.25, -0.2) is 9.55 Å². The first-order chi connectivity index (χ1) is 18.4. The molecule has 2 saturated carbocycles. The van der Waals surface area contributed by atoms with Gasteiger partial charge in [0.15, 0.2) is 11.5 Å². The Morgan fingerprint density at radius 2 is 1.90 bits per heavy atom. The monoisotopic (exact) mass is 561 g/mol. The molecule has 2 aromatic heterocycles. The number of aliphatic hydroxyl groups is 2. The number of nitrogen functional groups attached to an aromatic ring is 2. The highest BCUT2D eigenvalue weighted by molar-refractivity contribution is 7.52. The van der Waals surface area contributed by atoms with Crippen LogP contribution in [0.15, 0.2) is 36.7 Å². The van der Waals surface area contributed by atoms with Gasteiger partial charge in [-0.2, -0.15) is 15.1 Å². The molecule has 8 atom stereocenters. The van der Waals surface area contributed by atoms with Crippen molar-refractivity contribution in [1.82, 2.24) is 24.6 Å². The first-order valence-corrected chi connectivity index (χ1v) is 14.1. The van der Waals surface area contributed by atoms with Gasteiger partial charge in [-0.05, 0) is 38.8 Å². The summed E-state index contributed by atoms with van der Waals surface area (Å²) in [7, 11) is -4.26. The second-order valence-electron chi connectivity index (χ2n) is 10.3. The standard InChI is InChI=1S/C24H32N7O7P/c1-11(2)36-22(33)13(4)30-39(35,37-14-8-6-5-7-9-14)38-19-15-12(3)17(18(32)24(15,19)34)31-10-27-16-20(25)28-23(26)29-21(16)31/h5-13,15,17-19,32,34H,1-4H3,(H,30,35)(H4,25,26,28,29)/t12-,13+,15-,17-,18+,19?,24-,39-/m1/s1. The fraction of sp³-hybridized carbons (Fsp3) is 0.500. The summed E-state index contributed by atoms with van der Waals surface area (Å²) in [5, 5.41) is 25.5. The highest BCUT2D eigenvalue weighted by Gasteiger charge is 2.79. The Balaban J connectivity index is 1.40. The van der Waals surface area contributed by atoms with Gasteiger partial charge in [0, 0.05) is 5.92 Å². The molecule has 14 nitrogen and oxygen atoms in total. The molecule has 2 aliphatic carbocycles. The van der Waals surface area contributed by atoms with Crippen molar-refractivity contribution in [3.8, 4) is 5.75 Å². The van der Waals surface area contributed by atoms with Crippen LogP contribution in [0.3, 0.4) is 0 Å². The van der Waals surface area contributed by atoms with E-state index in [0.717, 1.165) is 0 Å². The van der Waals surface area contributed by atoms with Crippen LogP contribution in [0, 0.1) is 11.8 Å². The van der Waals surface area contributed by atoms with E-state index in [9.17, 15) is 19.6 Å². The third kappa shape index (κ3) is 4.72. The number of anilines is 2. The van der Waals surface area contributed by atoms with Crippen LogP contribution in [-0.2, 0) is 18.6 Å². The molecule has 3 aromatic rings. The van der Waals surface area contributed by atoms with E-state index in [1.54, 1.807) is 48.7 Å². The third-order valence-electron chi connectivity index (χ3n) is 7.17. The van der Waals surface area contributed by atoms with Gasteiger partial charge in [0.05, 0.1) is 18.5 Å². The number of nitrogens with two attached hydrogens (primary N) is 2. The minimum Gasteiger partial charge on any atom is -0.462 e. The van der Waals surface area contributed by atoms with Crippen LogP contribution >= 0.6 is 7.75 Å². The molecular weight excluding hydrogens is 529 g/mol. The van der Waals surface area contributed by atoms with Gasteiger partial charge in [0.1, 0.15) is 35.1 Å². The topological polar surface area (TPSA) is 210 Å².